The minimum absolute atomic E-state index is 0.323. The first-order chi connectivity index (χ1) is 17.8. The van der Waals surface area contributed by atoms with E-state index in [4.69, 9.17) is 4.98 Å². The van der Waals surface area contributed by atoms with Gasteiger partial charge in [-0.2, -0.15) is 5.10 Å². The molecule has 0 unspecified atom stereocenters. The predicted octanol–water partition coefficient (Wildman–Crippen LogP) is 2.96. The average molecular weight is 493 g/mol. The lowest BCUT2D eigenvalue weighted by Gasteiger charge is -2.20. The number of hydrogen-bond acceptors (Lipinski definition) is 6. The Kier molecular flexibility index (Phi) is 6.26. The summed E-state index contributed by atoms with van der Waals surface area (Å²) in [4.78, 5) is 36.4. The van der Waals surface area contributed by atoms with Gasteiger partial charge >= 0.3 is 0 Å². The van der Waals surface area contributed by atoms with E-state index < -0.39 is 12.1 Å². The molecule has 0 saturated heterocycles. The second kappa shape index (κ2) is 9.68. The number of aromatic nitrogens is 5. The second-order valence-electron chi connectivity index (χ2n) is 8.63. The van der Waals surface area contributed by atoms with Crippen LogP contribution >= 0.6 is 0 Å². The fourth-order valence-corrected chi connectivity index (χ4v) is 4.25. The first kappa shape index (κ1) is 23.9. The van der Waals surface area contributed by atoms with Crippen LogP contribution in [0.5, 0.6) is 0 Å². The monoisotopic (exact) mass is 492 g/mol. The molecular formula is C28H24N6O3. The van der Waals surface area contributed by atoms with Gasteiger partial charge in [0.25, 0.3) is 11.5 Å². The minimum atomic E-state index is -0.841. The van der Waals surface area contributed by atoms with Gasteiger partial charge in [-0.25, -0.2) is 14.5 Å². The number of nitrogens with zero attached hydrogens (tertiary/aromatic N) is 5. The van der Waals surface area contributed by atoms with E-state index in [0.717, 1.165) is 0 Å². The molecule has 0 saturated carbocycles. The number of para-hydroxylation sites is 1. The first-order valence-corrected chi connectivity index (χ1v) is 11.8. The number of carbonyl (C=O) groups is 1. The summed E-state index contributed by atoms with van der Waals surface area (Å²) in [5, 5.41) is 17.3. The van der Waals surface area contributed by atoms with Crippen molar-refractivity contribution in [2.24, 2.45) is 0 Å². The van der Waals surface area contributed by atoms with Gasteiger partial charge in [-0.15, -0.1) is 0 Å². The van der Waals surface area contributed by atoms with Crippen LogP contribution in [-0.4, -0.2) is 41.3 Å². The van der Waals surface area contributed by atoms with Crippen molar-refractivity contribution in [2.75, 3.05) is 0 Å². The molecule has 0 aliphatic carbocycles. The molecule has 2 aromatic carbocycles. The summed E-state index contributed by atoms with van der Waals surface area (Å²) in [6.07, 6.45) is 2.49. The fourth-order valence-electron chi connectivity index (χ4n) is 4.25. The molecule has 3 heterocycles. The van der Waals surface area contributed by atoms with E-state index in [1.54, 1.807) is 74.1 Å². The van der Waals surface area contributed by atoms with E-state index in [1.165, 1.54) is 4.57 Å². The van der Waals surface area contributed by atoms with Crippen molar-refractivity contribution in [3.8, 4) is 17.5 Å². The van der Waals surface area contributed by atoms with E-state index in [9.17, 15) is 14.7 Å². The molecule has 0 aliphatic rings. The quantitative estimate of drug-likeness (QED) is 0.373. The third-order valence-corrected chi connectivity index (χ3v) is 5.89. The van der Waals surface area contributed by atoms with Crippen LogP contribution in [0.3, 0.4) is 0 Å². The van der Waals surface area contributed by atoms with Crippen molar-refractivity contribution in [3.05, 3.63) is 100.0 Å². The molecule has 2 atom stereocenters. The Labute approximate surface area is 212 Å². The number of fused-ring (bicyclic) bond motifs is 2. The second-order valence-corrected chi connectivity index (χ2v) is 8.63. The standard InChI is InChI=1S/C28H24N6O3/c1-17(35)13-14-20-9-7-12-22-24(20)28(37)34(21-10-5-4-6-11-21)25(31-22)19(3)30-27(36)23-18(2)32-33-16-8-15-29-26(23)33/h4-12,15-17,19,35H,1-3H3,(H,30,36)/t17-,19-/m0/s1. The molecule has 9 nitrogen and oxygen atoms in total. The number of hydrogen-bond donors (Lipinski definition) is 2. The van der Waals surface area contributed by atoms with Crippen LogP contribution in [0.1, 0.15) is 47.3 Å². The lowest BCUT2D eigenvalue weighted by Crippen LogP contribution is -2.33. The van der Waals surface area contributed by atoms with Gasteiger partial charge in [-0.3, -0.25) is 14.2 Å². The Balaban J connectivity index is 1.66. The number of nitrogens with one attached hydrogen (secondary N) is 1. The zero-order valence-electron chi connectivity index (χ0n) is 20.5. The summed E-state index contributed by atoms with van der Waals surface area (Å²) in [5.74, 6) is 5.58. The highest BCUT2D eigenvalue weighted by Crippen LogP contribution is 2.21. The van der Waals surface area contributed by atoms with Gasteiger partial charge < -0.3 is 10.4 Å². The molecule has 5 aromatic rings. The summed E-state index contributed by atoms with van der Waals surface area (Å²) in [6, 6.07) is 15.4. The highest BCUT2D eigenvalue weighted by Gasteiger charge is 2.24. The lowest BCUT2D eigenvalue weighted by atomic mass is 10.1. The highest BCUT2D eigenvalue weighted by molar-refractivity contribution is 6.01. The van der Waals surface area contributed by atoms with Crippen LogP contribution in [0, 0.1) is 18.8 Å². The minimum Gasteiger partial charge on any atom is -0.381 e. The molecular weight excluding hydrogens is 468 g/mol. The van der Waals surface area contributed by atoms with Crippen LogP contribution in [0.25, 0.3) is 22.2 Å². The summed E-state index contributed by atoms with van der Waals surface area (Å²) < 4.78 is 3.04. The molecule has 0 bridgehead atoms. The van der Waals surface area contributed by atoms with Gasteiger partial charge in [-0.1, -0.05) is 36.1 Å². The van der Waals surface area contributed by atoms with Crippen molar-refractivity contribution in [3.63, 3.8) is 0 Å². The van der Waals surface area contributed by atoms with Crippen molar-refractivity contribution in [1.29, 1.82) is 0 Å². The van der Waals surface area contributed by atoms with Crippen molar-refractivity contribution >= 4 is 22.5 Å². The van der Waals surface area contributed by atoms with Crippen LogP contribution in [-0.2, 0) is 0 Å². The molecule has 0 aliphatic heterocycles. The average Bonchev–Trinajstić information content (AvgIpc) is 3.23. The topological polar surface area (TPSA) is 114 Å². The van der Waals surface area contributed by atoms with E-state index in [1.807, 2.05) is 18.2 Å². The Hall–Kier alpha value is -4.81. The highest BCUT2D eigenvalue weighted by atomic mass is 16.3. The fraction of sp³-hybridized carbons (Fsp3) is 0.179. The lowest BCUT2D eigenvalue weighted by molar-refractivity contribution is 0.0938. The molecule has 0 radical (unpaired) electrons. The number of benzene rings is 2. The first-order valence-electron chi connectivity index (χ1n) is 11.8. The van der Waals surface area contributed by atoms with E-state index in [2.05, 4.69) is 27.2 Å². The number of amides is 1. The zero-order valence-corrected chi connectivity index (χ0v) is 20.5. The molecule has 1 amide bonds. The maximum Gasteiger partial charge on any atom is 0.267 e. The molecule has 5 rings (SSSR count). The summed E-state index contributed by atoms with van der Waals surface area (Å²) in [5.41, 5.74) is 2.53. The molecule has 2 N–H and O–H groups in total. The Bertz CT molecular complexity index is 1760. The maximum atomic E-state index is 13.9. The smallest absolute Gasteiger partial charge is 0.267 e. The van der Waals surface area contributed by atoms with Crippen LogP contribution in [0.15, 0.2) is 71.8 Å². The molecule has 184 valence electrons. The van der Waals surface area contributed by atoms with Crippen LogP contribution < -0.4 is 10.9 Å². The predicted molar refractivity (Wildman–Crippen MR) is 140 cm³/mol. The van der Waals surface area contributed by atoms with Crippen molar-refractivity contribution in [2.45, 2.75) is 32.9 Å². The third-order valence-electron chi connectivity index (χ3n) is 5.89. The largest absolute Gasteiger partial charge is 0.381 e. The van der Waals surface area contributed by atoms with Gasteiger partial charge in [0, 0.05) is 18.0 Å². The number of carbonyl (C=O) groups excluding carboxylic acids is 1. The Morgan fingerprint density at radius 1 is 1.08 bits per heavy atom. The SMILES string of the molecule is Cc1nn2cccnc2c1C(=O)N[C@@H](C)c1nc2cccc(C#C[C@H](C)O)c2c(=O)n1-c1ccccc1. The Morgan fingerprint density at radius 3 is 2.62 bits per heavy atom. The van der Waals surface area contributed by atoms with Crippen LogP contribution in [0.2, 0.25) is 0 Å². The summed E-state index contributed by atoms with van der Waals surface area (Å²) >= 11 is 0. The third kappa shape index (κ3) is 4.46. The van der Waals surface area contributed by atoms with Gasteiger partial charge in [0.2, 0.25) is 0 Å². The molecule has 9 heteroatoms. The molecule has 3 aromatic heterocycles. The van der Waals surface area contributed by atoms with Gasteiger partial charge in [0.1, 0.15) is 17.5 Å². The molecule has 0 fully saturated rings. The van der Waals surface area contributed by atoms with Gasteiger partial charge in [0.15, 0.2) is 5.65 Å². The van der Waals surface area contributed by atoms with Crippen molar-refractivity contribution < 1.29 is 9.90 Å². The van der Waals surface area contributed by atoms with Crippen LogP contribution in [0.4, 0.5) is 0 Å². The van der Waals surface area contributed by atoms with Gasteiger partial charge in [-0.05, 0) is 51.1 Å². The number of rotatable bonds is 4. The van der Waals surface area contributed by atoms with Gasteiger partial charge in [0.05, 0.1) is 28.3 Å². The molecule has 0 spiro atoms. The van der Waals surface area contributed by atoms with E-state index in [-0.39, 0.29) is 11.5 Å². The van der Waals surface area contributed by atoms with E-state index in [0.29, 0.717) is 44.9 Å². The maximum absolute atomic E-state index is 13.9. The summed E-state index contributed by atoms with van der Waals surface area (Å²) in [6.45, 7) is 5.08. The normalized spacial score (nSPS) is 12.6. The summed E-state index contributed by atoms with van der Waals surface area (Å²) in [7, 11) is 0. The van der Waals surface area contributed by atoms with E-state index >= 15 is 0 Å². The Morgan fingerprint density at radius 2 is 1.86 bits per heavy atom. The molecule has 37 heavy (non-hydrogen) atoms. The zero-order chi connectivity index (χ0) is 26.1. The number of aliphatic hydroxyl groups excluding tert-OH is 1. The van der Waals surface area contributed by atoms with Crippen molar-refractivity contribution in [1.82, 2.24) is 29.5 Å². The number of aliphatic hydroxyl groups is 1. The number of aryl methyl sites for hydroxylation is 1.